The third-order valence-corrected chi connectivity index (χ3v) is 3.46. The second kappa shape index (κ2) is 12.9. The molecule has 1 saturated heterocycles. The van der Waals surface area contributed by atoms with Gasteiger partial charge in [-0.25, -0.2) is 28.8 Å². The van der Waals surface area contributed by atoms with E-state index in [0.29, 0.717) is 0 Å². The summed E-state index contributed by atoms with van der Waals surface area (Å²) in [5.74, 6) is -1.97. The lowest BCUT2D eigenvalue weighted by molar-refractivity contribution is -0.151. The molecule has 0 radical (unpaired) electrons. The van der Waals surface area contributed by atoms with Gasteiger partial charge in [0, 0.05) is 0 Å². The lowest BCUT2D eigenvalue weighted by Gasteiger charge is -2.31. The predicted molar refractivity (Wildman–Crippen MR) is 143 cm³/mol. The van der Waals surface area contributed by atoms with Crippen molar-refractivity contribution in [2.75, 3.05) is 0 Å². The molecule has 6 amide bonds. The highest BCUT2D eigenvalue weighted by atomic mass is 16.9. The normalized spacial score (nSPS) is 15.2. The van der Waals surface area contributed by atoms with Crippen molar-refractivity contribution in [3.8, 4) is 0 Å². The number of hydrogen-bond acceptors (Lipinski definition) is 12. The standard InChI is InChI=1S/C24H38N6O12/c1-21(2,3)37-15(31)25-13(26-16(32)38-22(4,5)6)29-19(35)42-30(20(36)41-29)14(27-17(33)39-23(7,8)9)28-18(34)40-24(10,11)12/h1-12H3,(H,25,26,31,32)(H,27,28,33,34). The third kappa shape index (κ3) is 13.6. The van der Waals surface area contributed by atoms with Crippen LogP contribution >= 0.6 is 0 Å². The monoisotopic (exact) mass is 602 g/mol. The number of amides is 6. The zero-order valence-corrected chi connectivity index (χ0v) is 25.7. The lowest BCUT2D eigenvalue weighted by atomic mass is 10.2. The number of alkyl carbamates (subject to hydrolysis) is 2. The Morgan fingerprint density at radius 3 is 1.05 bits per heavy atom. The maximum atomic E-state index is 12.9. The molecule has 1 rings (SSSR count). The van der Waals surface area contributed by atoms with Crippen LogP contribution in [-0.2, 0) is 28.6 Å². The molecule has 0 aromatic rings. The van der Waals surface area contributed by atoms with Crippen LogP contribution in [0.15, 0.2) is 9.98 Å². The molecular formula is C24H38N6O12. The topological polar surface area (TPSA) is 213 Å². The van der Waals surface area contributed by atoms with Crippen LogP contribution < -0.4 is 10.6 Å². The molecule has 1 aliphatic rings. The summed E-state index contributed by atoms with van der Waals surface area (Å²) in [4.78, 5) is 92.0. The van der Waals surface area contributed by atoms with Crippen molar-refractivity contribution in [2.24, 2.45) is 9.98 Å². The van der Waals surface area contributed by atoms with E-state index >= 15 is 0 Å². The van der Waals surface area contributed by atoms with E-state index in [1.807, 2.05) is 10.6 Å². The van der Waals surface area contributed by atoms with Gasteiger partial charge in [-0.2, -0.15) is 0 Å². The molecule has 0 aromatic heterocycles. The summed E-state index contributed by atoms with van der Waals surface area (Å²) >= 11 is 0. The number of nitrogens with zero attached hydrogens (tertiary/aromatic N) is 4. The molecule has 0 bridgehead atoms. The van der Waals surface area contributed by atoms with Gasteiger partial charge in [0.05, 0.1) is 0 Å². The summed E-state index contributed by atoms with van der Waals surface area (Å²) in [6.45, 7) is 18.4. The van der Waals surface area contributed by atoms with Crippen LogP contribution in [0, 0.1) is 0 Å². The van der Waals surface area contributed by atoms with Gasteiger partial charge in [0.15, 0.2) is 0 Å². The third-order valence-electron chi connectivity index (χ3n) is 3.46. The Hall–Kier alpha value is -4.64. The molecule has 0 aliphatic carbocycles. The summed E-state index contributed by atoms with van der Waals surface area (Å²) in [5, 5.41) is 3.97. The quantitative estimate of drug-likeness (QED) is 0.225. The van der Waals surface area contributed by atoms with Crippen LogP contribution in [0.4, 0.5) is 28.8 Å². The van der Waals surface area contributed by atoms with Crippen molar-refractivity contribution in [2.45, 2.75) is 105 Å². The van der Waals surface area contributed by atoms with Crippen LogP contribution in [0.2, 0.25) is 0 Å². The lowest BCUT2D eigenvalue weighted by Crippen LogP contribution is -2.59. The largest absolute Gasteiger partial charge is 0.476 e. The first-order chi connectivity index (χ1) is 18.7. The van der Waals surface area contributed by atoms with Gasteiger partial charge in [-0.1, -0.05) is 10.1 Å². The van der Waals surface area contributed by atoms with E-state index < -0.39 is 70.9 Å². The molecular weight excluding hydrogens is 564 g/mol. The zero-order valence-electron chi connectivity index (χ0n) is 25.7. The number of aliphatic imine (C=N–C) groups is 2. The summed E-state index contributed by atoms with van der Waals surface area (Å²) < 4.78 is 20.3. The number of rotatable bonds is 0. The molecule has 1 aliphatic heterocycles. The number of nitrogens with one attached hydrogen (secondary N) is 2. The summed E-state index contributed by atoms with van der Waals surface area (Å²) in [6.07, 6.45) is -8.19. The van der Waals surface area contributed by atoms with Crippen LogP contribution in [0.25, 0.3) is 0 Å². The zero-order chi connectivity index (χ0) is 32.8. The number of hydrogen-bond donors (Lipinski definition) is 2. The van der Waals surface area contributed by atoms with E-state index in [1.165, 1.54) is 83.1 Å². The fourth-order valence-corrected chi connectivity index (χ4v) is 2.34. The Morgan fingerprint density at radius 1 is 0.548 bits per heavy atom. The van der Waals surface area contributed by atoms with Gasteiger partial charge in [-0.15, -0.1) is 9.98 Å². The number of carbonyl (C=O) groups is 6. The Labute approximate surface area is 242 Å². The molecule has 0 spiro atoms. The summed E-state index contributed by atoms with van der Waals surface area (Å²) in [7, 11) is 0. The summed E-state index contributed by atoms with van der Waals surface area (Å²) in [5.41, 5.74) is -4.10. The molecule has 236 valence electrons. The molecule has 1 fully saturated rings. The van der Waals surface area contributed by atoms with Gasteiger partial charge in [0.2, 0.25) is 0 Å². The number of guanidine groups is 2. The van der Waals surface area contributed by atoms with E-state index in [9.17, 15) is 28.8 Å². The fraction of sp³-hybridized carbons (Fsp3) is 0.667. The Bertz CT molecular complexity index is 1060. The fourth-order valence-electron chi connectivity index (χ4n) is 2.34. The highest BCUT2D eigenvalue weighted by molar-refractivity contribution is 6.08. The van der Waals surface area contributed by atoms with Gasteiger partial charge in [0.1, 0.15) is 22.4 Å². The van der Waals surface area contributed by atoms with E-state index in [2.05, 4.69) is 9.98 Å². The van der Waals surface area contributed by atoms with E-state index in [4.69, 9.17) is 28.6 Å². The SMILES string of the molecule is CC(C)(C)OC(=O)/N=C(/NC(=O)OC(C)(C)C)N1OC(=O)N(/C(=N\C(=O)OC(C)(C)C)NC(=O)OC(C)(C)C)OC1=O. The molecule has 0 atom stereocenters. The van der Waals surface area contributed by atoms with Crippen molar-refractivity contribution < 1.29 is 57.4 Å². The van der Waals surface area contributed by atoms with Crippen molar-refractivity contribution >= 4 is 48.5 Å². The first-order valence-electron chi connectivity index (χ1n) is 12.4. The van der Waals surface area contributed by atoms with Gasteiger partial charge < -0.3 is 28.6 Å². The van der Waals surface area contributed by atoms with Gasteiger partial charge >= 0.3 is 36.6 Å². The van der Waals surface area contributed by atoms with Crippen LogP contribution in [0.1, 0.15) is 83.1 Å². The van der Waals surface area contributed by atoms with Crippen molar-refractivity contribution in [1.29, 1.82) is 0 Å². The average molecular weight is 603 g/mol. The highest BCUT2D eigenvalue weighted by Gasteiger charge is 2.43. The van der Waals surface area contributed by atoms with Gasteiger partial charge in [0.25, 0.3) is 11.9 Å². The van der Waals surface area contributed by atoms with Gasteiger partial charge in [-0.3, -0.25) is 10.6 Å². The minimum atomic E-state index is -1.60. The second-order valence-corrected chi connectivity index (χ2v) is 12.4. The number of hydroxylamine groups is 4. The maximum Gasteiger partial charge on any atom is 0.476 e. The molecule has 18 nitrogen and oxygen atoms in total. The molecule has 42 heavy (non-hydrogen) atoms. The maximum absolute atomic E-state index is 12.9. The number of ether oxygens (including phenoxy) is 4. The Morgan fingerprint density at radius 2 is 0.810 bits per heavy atom. The van der Waals surface area contributed by atoms with Gasteiger partial charge in [-0.05, 0) is 83.1 Å². The van der Waals surface area contributed by atoms with E-state index in [0.717, 1.165) is 0 Å². The van der Waals surface area contributed by atoms with E-state index in [1.54, 1.807) is 0 Å². The van der Waals surface area contributed by atoms with Crippen molar-refractivity contribution in [3.63, 3.8) is 0 Å². The first kappa shape index (κ1) is 35.4. The Kier molecular flexibility index (Phi) is 10.9. The minimum absolute atomic E-state index is 0.00869. The highest BCUT2D eigenvalue weighted by Crippen LogP contribution is 2.16. The number of carbonyl (C=O) groups excluding carboxylic acids is 6. The van der Waals surface area contributed by atoms with Crippen molar-refractivity contribution in [1.82, 2.24) is 20.8 Å². The van der Waals surface area contributed by atoms with Crippen LogP contribution in [0.5, 0.6) is 0 Å². The average Bonchev–Trinajstić information content (AvgIpc) is 2.68. The Balaban J connectivity index is 3.41. The molecule has 2 N–H and O–H groups in total. The van der Waals surface area contributed by atoms with Crippen LogP contribution in [0.3, 0.4) is 0 Å². The summed E-state index contributed by atoms with van der Waals surface area (Å²) in [6, 6.07) is 0. The van der Waals surface area contributed by atoms with Crippen molar-refractivity contribution in [3.05, 3.63) is 0 Å². The minimum Gasteiger partial charge on any atom is -0.444 e. The molecule has 0 unspecified atom stereocenters. The smallest absolute Gasteiger partial charge is 0.444 e. The molecule has 18 heteroatoms. The van der Waals surface area contributed by atoms with Crippen LogP contribution in [-0.4, -0.2) is 81.0 Å². The molecule has 0 aromatic carbocycles. The predicted octanol–water partition coefficient (Wildman–Crippen LogP) is 4.34. The second-order valence-electron chi connectivity index (χ2n) is 12.4. The molecule has 1 heterocycles. The molecule has 0 saturated carbocycles. The first-order valence-corrected chi connectivity index (χ1v) is 12.4. The van der Waals surface area contributed by atoms with E-state index in [-0.39, 0.29) is 10.1 Å².